The number of phosphoric acid groups is 3. The minimum Gasteiger partial charge on any atom is -0.790 e. The van der Waals surface area contributed by atoms with E-state index in [-0.39, 0.29) is 117 Å². The van der Waals surface area contributed by atoms with Crippen molar-refractivity contribution in [3.63, 3.8) is 0 Å². The molecule has 32 heteroatoms. The number of fused-ring (bicyclic) bond motifs is 1. The van der Waals surface area contributed by atoms with Crippen molar-refractivity contribution < 1.29 is 156 Å². The Morgan fingerprint density at radius 2 is 1.38 bits per heavy atom. The molecule has 3 rings (SSSR count). The second-order valence-electron chi connectivity index (χ2n) is 16.9. The number of anilines is 1. The number of aliphatic hydroxyl groups is 2. The molecule has 1 aliphatic heterocycles. The van der Waals surface area contributed by atoms with Crippen molar-refractivity contribution >= 4 is 69.1 Å². The number of ether oxygens (including phenoxy) is 1. The Bertz CT molecular complexity index is 2020. The molecule has 2 amide bonds. The predicted octanol–water partition coefficient (Wildman–Crippen LogP) is -9.59. The minimum absolute atomic E-state index is 0. The van der Waals surface area contributed by atoms with Crippen molar-refractivity contribution in [1.29, 1.82) is 0 Å². The van der Waals surface area contributed by atoms with Gasteiger partial charge in [-0.15, -0.1) is 0 Å². The molecular formula is C39H66Li4N7O17P3S. The Morgan fingerprint density at radius 3 is 1.94 bits per heavy atom. The number of unbranched alkanes of at least 4 members (excludes halogenated alkanes) is 14. The molecule has 0 bridgehead atoms. The Hall–Kier alpha value is -0.0504. The Labute approximate surface area is 468 Å². The predicted molar refractivity (Wildman–Crippen MR) is 238 cm³/mol. The normalized spacial score (nSPS) is 18.9. The number of aromatic nitrogens is 4. The zero-order chi connectivity index (χ0) is 49.7. The van der Waals surface area contributed by atoms with Gasteiger partial charge >= 0.3 is 75.4 Å². The van der Waals surface area contributed by atoms with Crippen molar-refractivity contribution in [3.8, 4) is 0 Å². The molecule has 0 aliphatic carbocycles. The van der Waals surface area contributed by atoms with E-state index in [0.29, 0.717) is 12.2 Å². The van der Waals surface area contributed by atoms with Crippen molar-refractivity contribution in [2.45, 2.75) is 161 Å². The molecule has 1 saturated heterocycles. The number of thioether (sulfide) groups is 1. The molecule has 3 heterocycles. The Kier molecular flexibility index (Phi) is 37.9. The third-order valence-electron chi connectivity index (χ3n) is 10.7. The van der Waals surface area contributed by atoms with E-state index in [0.717, 1.165) is 48.2 Å². The Morgan fingerprint density at radius 1 is 0.831 bits per heavy atom. The molecule has 1 aliphatic rings. The monoisotopic (exact) mass is 1060 g/mol. The van der Waals surface area contributed by atoms with Gasteiger partial charge in [0, 0.05) is 37.1 Å². The largest absolute Gasteiger partial charge is 1.00 e. The summed E-state index contributed by atoms with van der Waals surface area (Å²) in [6.07, 6.45) is 11.6. The van der Waals surface area contributed by atoms with Gasteiger partial charge in [-0.05, 0) is 6.42 Å². The number of amides is 2. The molecule has 0 saturated carbocycles. The van der Waals surface area contributed by atoms with Gasteiger partial charge in [-0.3, -0.25) is 28.1 Å². The van der Waals surface area contributed by atoms with Crippen molar-refractivity contribution in [2.75, 3.05) is 37.8 Å². The van der Waals surface area contributed by atoms with Crippen molar-refractivity contribution in [1.82, 2.24) is 30.2 Å². The second kappa shape index (κ2) is 36.9. The van der Waals surface area contributed by atoms with Crippen LogP contribution in [0.3, 0.4) is 0 Å². The van der Waals surface area contributed by atoms with E-state index in [1.54, 1.807) is 0 Å². The quantitative estimate of drug-likeness (QED) is 0.0243. The summed E-state index contributed by atoms with van der Waals surface area (Å²) in [5.41, 5.74) is 4.10. The van der Waals surface area contributed by atoms with Gasteiger partial charge in [0.25, 0.3) is 15.6 Å². The van der Waals surface area contributed by atoms with Crippen LogP contribution >= 0.6 is 35.2 Å². The average Bonchev–Trinajstić information content (AvgIpc) is 3.81. The van der Waals surface area contributed by atoms with Gasteiger partial charge in [-0.1, -0.05) is 122 Å². The van der Waals surface area contributed by atoms with Crippen LogP contribution in [0.1, 0.15) is 136 Å². The van der Waals surface area contributed by atoms with Crippen LogP contribution in [0.5, 0.6) is 0 Å². The molecule has 1 fully saturated rings. The van der Waals surface area contributed by atoms with E-state index in [4.69, 9.17) is 10.5 Å². The van der Waals surface area contributed by atoms with E-state index in [1.807, 2.05) is 0 Å². The van der Waals surface area contributed by atoms with Gasteiger partial charge < -0.3 is 69.0 Å². The SMILES string of the molecule is CCCCCCCCCCCCCCCCCC(=O)SCCNC(=O)CCNC(=O)C(O)C(C)(C)COP(=O)([O-])OP(=O)([O-])OCC1OC(n2cnc3c(N)ncnc32)C(O)C1OP(=O)([O-])[O-].[Li+].[Li+].[Li+].[Li+]. The van der Waals surface area contributed by atoms with Gasteiger partial charge in [0.15, 0.2) is 22.8 Å². The van der Waals surface area contributed by atoms with Crippen LogP contribution in [0.25, 0.3) is 11.2 Å². The number of hydrogen-bond donors (Lipinski definition) is 5. The molecule has 2 aromatic heterocycles. The molecule has 24 nitrogen and oxygen atoms in total. The van der Waals surface area contributed by atoms with E-state index in [2.05, 4.69) is 50.4 Å². The fraction of sp³-hybridized carbons (Fsp3) is 0.795. The topological polar surface area (TPSA) is 375 Å². The minimum atomic E-state index is -5.92. The van der Waals surface area contributed by atoms with Crippen LogP contribution in [0, 0.1) is 5.41 Å². The second-order valence-corrected chi connectivity index (χ2v) is 22.1. The molecule has 7 unspecified atom stereocenters. The molecule has 0 spiro atoms. The van der Waals surface area contributed by atoms with Crippen LogP contribution < -0.4 is 111 Å². The van der Waals surface area contributed by atoms with Crippen LogP contribution in [0.15, 0.2) is 12.7 Å². The molecule has 6 N–H and O–H groups in total. The maximum absolute atomic E-state index is 12.6. The molecule has 0 aromatic carbocycles. The van der Waals surface area contributed by atoms with Gasteiger partial charge in [-0.25, -0.2) is 19.3 Å². The van der Waals surface area contributed by atoms with Gasteiger partial charge in [0.2, 0.25) is 11.8 Å². The third-order valence-corrected chi connectivity index (χ3v) is 14.7. The first kappa shape index (κ1) is 73.0. The first-order valence-electron chi connectivity index (χ1n) is 22.5. The standard InChI is InChI=1S/C39H70N7O17P3S.4Li/c1-4-5-6-7-8-9-10-11-12-13-14-15-16-17-18-19-30(48)67-23-22-41-29(47)20-21-42-37(51)34(50)39(2,3)25-60-66(57,58)63-65(55,56)59-24-28-33(62-64(52,53)54)32(49)38(61-28)46-27-45-31-35(40)43-26-44-36(31)46;;;;/h26-28,32-34,38,49-50H,4-25H2,1-3H3,(H,41,47)(H,42,51)(H,55,56)(H,57,58)(H2,40,43,44)(H2,52,53,54);;;;/q;4*+1/p-4. The summed E-state index contributed by atoms with van der Waals surface area (Å²) in [6.45, 7) is 2.42. The number of nitrogen functional groups attached to an aromatic ring is 1. The summed E-state index contributed by atoms with van der Waals surface area (Å²) >= 11 is 1.15. The number of nitrogens with one attached hydrogen (secondary N) is 2. The maximum atomic E-state index is 12.6. The van der Waals surface area contributed by atoms with Gasteiger partial charge in [0.05, 0.1) is 27.4 Å². The summed E-state index contributed by atoms with van der Waals surface area (Å²) in [6, 6.07) is 0. The molecule has 0 radical (unpaired) electrons. The van der Waals surface area contributed by atoms with E-state index >= 15 is 0 Å². The zero-order valence-electron chi connectivity index (χ0n) is 42.2. The maximum Gasteiger partial charge on any atom is 1.00 e. The number of carbonyl (C=O) groups excluding carboxylic acids is 3. The summed E-state index contributed by atoms with van der Waals surface area (Å²) in [7, 11) is -17.6. The third kappa shape index (κ3) is 28.2. The number of hydrogen-bond acceptors (Lipinski definition) is 22. The average molecular weight is 1060 g/mol. The fourth-order valence-electron chi connectivity index (χ4n) is 6.99. The number of nitrogens with two attached hydrogens (primary N) is 1. The van der Waals surface area contributed by atoms with Gasteiger partial charge in [0.1, 0.15) is 36.3 Å². The molecule has 7 atom stereocenters. The summed E-state index contributed by atoms with van der Waals surface area (Å²) < 4.78 is 60.8. The summed E-state index contributed by atoms with van der Waals surface area (Å²) in [5, 5.41) is 26.5. The summed E-state index contributed by atoms with van der Waals surface area (Å²) in [4.78, 5) is 96.8. The molecule has 71 heavy (non-hydrogen) atoms. The van der Waals surface area contributed by atoms with E-state index in [9.17, 15) is 57.9 Å². The summed E-state index contributed by atoms with van der Waals surface area (Å²) in [5.74, 6) is -1.12. The zero-order valence-corrected chi connectivity index (χ0v) is 45.7. The van der Waals surface area contributed by atoms with Crippen LogP contribution in [0.4, 0.5) is 5.82 Å². The Balaban J connectivity index is 0. The van der Waals surface area contributed by atoms with Crippen LogP contribution in [0.2, 0.25) is 0 Å². The molecule has 384 valence electrons. The van der Waals surface area contributed by atoms with E-state index in [1.165, 1.54) is 90.9 Å². The van der Waals surface area contributed by atoms with Gasteiger partial charge in [-0.2, -0.15) is 0 Å². The number of carbonyl (C=O) groups is 3. The van der Waals surface area contributed by atoms with E-state index < -0.39 is 84.6 Å². The van der Waals surface area contributed by atoms with Crippen molar-refractivity contribution in [2.24, 2.45) is 5.41 Å². The fourth-order valence-corrected chi connectivity index (χ4v) is 10.4. The van der Waals surface area contributed by atoms with Crippen LogP contribution in [-0.2, 0) is 50.7 Å². The number of nitrogens with zero attached hydrogens (tertiary/aromatic N) is 4. The van der Waals surface area contributed by atoms with Crippen molar-refractivity contribution in [3.05, 3.63) is 12.7 Å². The molecule has 2 aromatic rings. The molecular weight excluding hydrogens is 991 g/mol. The first-order valence-corrected chi connectivity index (χ1v) is 27.9. The number of aliphatic hydroxyl groups excluding tert-OH is 2. The first-order chi connectivity index (χ1) is 31.6. The number of rotatable bonds is 35. The smallest absolute Gasteiger partial charge is 0.790 e. The number of phosphoric ester groups is 3. The number of imidazole rings is 1. The van der Waals surface area contributed by atoms with Crippen LogP contribution in [-0.4, -0.2) is 103 Å².